The Balaban J connectivity index is 1.77. The zero-order valence-electron chi connectivity index (χ0n) is 14.1. The Labute approximate surface area is 156 Å². The Bertz CT molecular complexity index is 1200. The molecule has 0 radical (unpaired) electrons. The number of aromatic nitrogens is 3. The third-order valence-corrected chi connectivity index (χ3v) is 4.85. The molecular formula is C18H13FN4O3S. The zero-order valence-corrected chi connectivity index (χ0v) is 14.9. The maximum atomic E-state index is 13.8. The van der Waals surface area contributed by atoms with Crippen LogP contribution in [-0.4, -0.2) is 20.3 Å². The number of fused-ring (bicyclic) bond motifs is 1. The molecule has 0 aliphatic carbocycles. The highest BCUT2D eigenvalue weighted by atomic mass is 32.1. The van der Waals surface area contributed by atoms with Gasteiger partial charge in [0.2, 0.25) is 5.13 Å². The number of pyridine rings is 1. The van der Waals surface area contributed by atoms with Crippen LogP contribution in [-0.2, 0) is 6.61 Å². The number of hydrogen-bond donors (Lipinski definition) is 2. The topological polar surface area (TPSA) is 101 Å². The molecule has 0 fully saturated rings. The quantitative estimate of drug-likeness (QED) is 0.556. The smallest absolute Gasteiger partial charge is 0.346 e. The van der Waals surface area contributed by atoms with E-state index in [1.54, 1.807) is 31.2 Å². The molecule has 0 amide bonds. The van der Waals surface area contributed by atoms with E-state index in [2.05, 4.69) is 20.5 Å². The molecule has 3 heterocycles. The SMILES string of the molecule is Cc1ncc(CO)c2cc(-c3nnc(Nc4ccccc4F)s3)c(=O)oc12. The van der Waals surface area contributed by atoms with Gasteiger partial charge in [-0.3, -0.25) is 4.98 Å². The van der Waals surface area contributed by atoms with Crippen molar-refractivity contribution in [2.75, 3.05) is 5.32 Å². The molecule has 0 unspecified atom stereocenters. The summed E-state index contributed by atoms with van der Waals surface area (Å²) in [6.45, 7) is 1.47. The molecule has 27 heavy (non-hydrogen) atoms. The van der Waals surface area contributed by atoms with Crippen molar-refractivity contribution in [1.29, 1.82) is 0 Å². The number of halogens is 1. The third kappa shape index (κ3) is 3.18. The van der Waals surface area contributed by atoms with Crippen molar-refractivity contribution in [3.8, 4) is 10.6 Å². The van der Waals surface area contributed by atoms with Crippen LogP contribution in [0, 0.1) is 12.7 Å². The fraction of sp³-hybridized carbons (Fsp3) is 0.111. The maximum Gasteiger partial charge on any atom is 0.346 e. The molecule has 7 nitrogen and oxygen atoms in total. The minimum absolute atomic E-state index is 0.210. The van der Waals surface area contributed by atoms with E-state index in [0.717, 1.165) is 11.3 Å². The summed E-state index contributed by atoms with van der Waals surface area (Å²) in [5.74, 6) is -0.421. The first-order chi connectivity index (χ1) is 13.1. The lowest BCUT2D eigenvalue weighted by Crippen LogP contribution is -2.05. The van der Waals surface area contributed by atoms with Gasteiger partial charge in [0.05, 0.1) is 23.6 Å². The first kappa shape index (κ1) is 17.3. The molecule has 4 aromatic rings. The second kappa shape index (κ2) is 6.86. The van der Waals surface area contributed by atoms with E-state index in [-0.39, 0.29) is 17.9 Å². The van der Waals surface area contributed by atoms with Gasteiger partial charge in [-0.2, -0.15) is 0 Å². The molecule has 1 aromatic carbocycles. The number of para-hydroxylation sites is 1. The third-order valence-electron chi connectivity index (χ3n) is 3.98. The van der Waals surface area contributed by atoms with Gasteiger partial charge in [0.25, 0.3) is 0 Å². The van der Waals surface area contributed by atoms with Crippen LogP contribution in [0.25, 0.3) is 21.5 Å². The highest BCUT2D eigenvalue weighted by molar-refractivity contribution is 7.18. The second-order valence-corrected chi connectivity index (χ2v) is 6.71. The van der Waals surface area contributed by atoms with Crippen molar-refractivity contribution in [1.82, 2.24) is 15.2 Å². The maximum absolute atomic E-state index is 13.8. The first-order valence-electron chi connectivity index (χ1n) is 7.95. The highest BCUT2D eigenvalue weighted by Gasteiger charge is 2.16. The minimum Gasteiger partial charge on any atom is -0.420 e. The molecular weight excluding hydrogens is 371 g/mol. The minimum atomic E-state index is -0.587. The largest absolute Gasteiger partial charge is 0.420 e. The van der Waals surface area contributed by atoms with Crippen molar-refractivity contribution in [2.24, 2.45) is 0 Å². The van der Waals surface area contributed by atoms with E-state index in [1.165, 1.54) is 12.3 Å². The summed E-state index contributed by atoms with van der Waals surface area (Å²) in [5, 5.41) is 21.6. The number of rotatable bonds is 4. The predicted octanol–water partition coefficient (Wildman–Crippen LogP) is 3.39. The molecule has 136 valence electrons. The first-order valence-corrected chi connectivity index (χ1v) is 8.77. The van der Waals surface area contributed by atoms with Crippen molar-refractivity contribution in [3.63, 3.8) is 0 Å². The summed E-state index contributed by atoms with van der Waals surface area (Å²) in [6, 6.07) is 7.79. The number of aliphatic hydroxyl groups is 1. The van der Waals surface area contributed by atoms with Crippen molar-refractivity contribution >= 4 is 33.1 Å². The van der Waals surface area contributed by atoms with Crippen LogP contribution in [0.1, 0.15) is 11.3 Å². The fourth-order valence-corrected chi connectivity index (χ4v) is 3.38. The molecule has 9 heteroatoms. The molecule has 0 aliphatic rings. The van der Waals surface area contributed by atoms with Gasteiger partial charge >= 0.3 is 5.63 Å². The van der Waals surface area contributed by atoms with Gasteiger partial charge in [-0.05, 0) is 25.1 Å². The molecule has 4 rings (SSSR count). The van der Waals surface area contributed by atoms with E-state index in [0.29, 0.717) is 32.4 Å². The van der Waals surface area contributed by atoms with E-state index in [1.807, 2.05) is 0 Å². The number of aryl methyl sites for hydroxylation is 1. The molecule has 0 bridgehead atoms. The zero-order chi connectivity index (χ0) is 19.0. The molecule has 0 saturated carbocycles. The van der Waals surface area contributed by atoms with Gasteiger partial charge < -0.3 is 14.8 Å². The Kier molecular flexibility index (Phi) is 4.38. The number of nitrogens with one attached hydrogen (secondary N) is 1. The lowest BCUT2D eigenvalue weighted by atomic mass is 10.1. The van der Waals surface area contributed by atoms with Crippen LogP contribution in [0.2, 0.25) is 0 Å². The molecule has 3 aromatic heterocycles. The number of hydrogen-bond acceptors (Lipinski definition) is 8. The number of benzene rings is 1. The average Bonchev–Trinajstić information content (AvgIpc) is 3.12. The average molecular weight is 384 g/mol. The molecule has 2 N–H and O–H groups in total. The van der Waals surface area contributed by atoms with Crippen LogP contribution in [0.3, 0.4) is 0 Å². The van der Waals surface area contributed by atoms with Crippen LogP contribution >= 0.6 is 11.3 Å². The standard InChI is InChI=1S/C18H13FN4O3S/c1-9-15-11(10(8-24)7-20-9)6-12(17(25)26-15)16-22-23-18(27-16)21-14-5-3-2-4-13(14)19/h2-7,24H,8H2,1H3,(H,21,23). The summed E-state index contributed by atoms with van der Waals surface area (Å²) in [4.78, 5) is 16.5. The molecule has 0 aliphatic heterocycles. The number of aliphatic hydroxyl groups excluding tert-OH is 1. The Morgan fingerprint density at radius 3 is 2.89 bits per heavy atom. The van der Waals surface area contributed by atoms with Gasteiger partial charge in [-0.15, -0.1) is 10.2 Å². The molecule has 0 spiro atoms. The molecule has 0 saturated heterocycles. The predicted molar refractivity (Wildman–Crippen MR) is 99.5 cm³/mol. The fourth-order valence-electron chi connectivity index (χ4n) is 2.62. The monoisotopic (exact) mass is 384 g/mol. The second-order valence-electron chi connectivity index (χ2n) is 5.73. The highest BCUT2D eigenvalue weighted by Crippen LogP contribution is 2.30. The lowest BCUT2D eigenvalue weighted by molar-refractivity contribution is 0.282. The number of anilines is 2. The van der Waals surface area contributed by atoms with E-state index in [9.17, 15) is 14.3 Å². The summed E-state index contributed by atoms with van der Waals surface area (Å²) in [5.41, 5.74) is 1.29. The lowest BCUT2D eigenvalue weighted by Gasteiger charge is -2.05. The van der Waals surface area contributed by atoms with E-state index in [4.69, 9.17) is 4.42 Å². The van der Waals surface area contributed by atoms with Crippen LogP contribution in [0.4, 0.5) is 15.2 Å². The van der Waals surface area contributed by atoms with Gasteiger partial charge in [-0.1, -0.05) is 23.5 Å². The summed E-state index contributed by atoms with van der Waals surface area (Å²) in [6.07, 6.45) is 1.53. The van der Waals surface area contributed by atoms with Gasteiger partial charge in [0.1, 0.15) is 5.82 Å². The van der Waals surface area contributed by atoms with Gasteiger partial charge in [0.15, 0.2) is 10.6 Å². The number of nitrogens with zero attached hydrogens (tertiary/aromatic N) is 3. The van der Waals surface area contributed by atoms with Crippen molar-refractivity contribution in [3.05, 3.63) is 64.0 Å². The molecule has 0 atom stereocenters. The van der Waals surface area contributed by atoms with Crippen LogP contribution < -0.4 is 10.9 Å². The Morgan fingerprint density at radius 2 is 2.11 bits per heavy atom. The van der Waals surface area contributed by atoms with Crippen LogP contribution in [0.15, 0.2) is 45.7 Å². The van der Waals surface area contributed by atoms with Crippen LogP contribution in [0.5, 0.6) is 0 Å². The normalized spacial score (nSPS) is 11.1. The van der Waals surface area contributed by atoms with Crippen molar-refractivity contribution in [2.45, 2.75) is 13.5 Å². The summed E-state index contributed by atoms with van der Waals surface area (Å²) < 4.78 is 19.2. The van der Waals surface area contributed by atoms with Gasteiger partial charge in [-0.25, -0.2) is 9.18 Å². The summed E-state index contributed by atoms with van der Waals surface area (Å²) >= 11 is 1.09. The van der Waals surface area contributed by atoms with E-state index < -0.39 is 11.4 Å². The summed E-state index contributed by atoms with van der Waals surface area (Å²) in [7, 11) is 0. The Hall–Kier alpha value is -3.17. The Morgan fingerprint density at radius 1 is 1.30 bits per heavy atom. The van der Waals surface area contributed by atoms with Crippen molar-refractivity contribution < 1.29 is 13.9 Å². The van der Waals surface area contributed by atoms with Gasteiger partial charge in [0, 0.05) is 17.1 Å². The van der Waals surface area contributed by atoms with E-state index >= 15 is 0 Å².